The second-order valence-electron chi connectivity index (χ2n) is 5.93. The first-order valence-corrected chi connectivity index (χ1v) is 7.40. The topological polar surface area (TPSA) is 66.6 Å². The van der Waals surface area contributed by atoms with E-state index in [4.69, 9.17) is 17.3 Å². The predicted molar refractivity (Wildman–Crippen MR) is 82.2 cm³/mol. The summed E-state index contributed by atoms with van der Waals surface area (Å²) in [6, 6.07) is 3.70. The number of rotatable bonds is 2. The number of nitrogens with two attached hydrogens (primary N) is 1. The van der Waals surface area contributed by atoms with E-state index in [1.54, 1.807) is 23.6 Å². The molecule has 1 saturated heterocycles. The Hall–Kier alpha value is -1.66. The standard InChI is InChI=1S/C15H19ClFN3O2/c1-15(2,18)14(22)20-7-5-19(6-8-20)13(21)11-4-3-10(17)9-12(11)16/h3-4,9H,5-8,18H2,1-2H3. The minimum Gasteiger partial charge on any atom is -0.338 e. The van der Waals surface area contributed by atoms with Crippen LogP contribution in [0.4, 0.5) is 4.39 Å². The molecule has 1 aliphatic heterocycles. The van der Waals surface area contributed by atoms with Gasteiger partial charge in [0, 0.05) is 26.2 Å². The zero-order valence-corrected chi connectivity index (χ0v) is 13.4. The SMILES string of the molecule is CC(C)(N)C(=O)N1CCN(C(=O)c2ccc(F)cc2Cl)CC1. The van der Waals surface area contributed by atoms with Crippen molar-refractivity contribution in [3.05, 3.63) is 34.6 Å². The Balaban J connectivity index is 2.02. The van der Waals surface area contributed by atoms with Crippen molar-refractivity contribution in [3.8, 4) is 0 Å². The molecule has 1 aromatic carbocycles. The largest absolute Gasteiger partial charge is 0.338 e. The summed E-state index contributed by atoms with van der Waals surface area (Å²) in [6.45, 7) is 4.95. The maximum atomic E-state index is 13.0. The van der Waals surface area contributed by atoms with E-state index in [1.165, 1.54) is 12.1 Å². The number of benzene rings is 1. The van der Waals surface area contributed by atoms with Gasteiger partial charge in [-0.05, 0) is 32.0 Å². The lowest BCUT2D eigenvalue weighted by molar-refractivity contribution is -0.137. The van der Waals surface area contributed by atoms with Crippen LogP contribution < -0.4 is 5.73 Å². The molecule has 2 rings (SSSR count). The smallest absolute Gasteiger partial charge is 0.255 e. The van der Waals surface area contributed by atoms with Gasteiger partial charge in [0.1, 0.15) is 5.82 Å². The average Bonchev–Trinajstić information content (AvgIpc) is 2.45. The van der Waals surface area contributed by atoms with Crippen molar-refractivity contribution in [2.24, 2.45) is 5.73 Å². The Morgan fingerprint density at radius 2 is 1.73 bits per heavy atom. The minimum atomic E-state index is -0.924. The van der Waals surface area contributed by atoms with Crippen molar-refractivity contribution in [3.63, 3.8) is 0 Å². The van der Waals surface area contributed by atoms with E-state index >= 15 is 0 Å². The van der Waals surface area contributed by atoms with Crippen LogP contribution in [0.5, 0.6) is 0 Å². The Morgan fingerprint density at radius 1 is 1.18 bits per heavy atom. The van der Waals surface area contributed by atoms with Gasteiger partial charge >= 0.3 is 0 Å². The molecule has 0 aromatic heterocycles. The Kier molecular flexibility index (Phi) is 4.72. The van der Waals surface area contributed by atoms with Crippen LogP contribution in [0.25, 0.3) is 0 Å². The molecule has 0 aliphatic carbocycles. The van der Waals surface area contributed by atoms with E-state index in [0.717, 1.165) is 6.07 Å². The number of nitrogens with zero attached hydrogens (tertiary/aromatic N) is 2. The molecule has 1 aliphatic rings. The van der Waals surface area contributed by atoms with Crippen LogP contribution in [-0.2, 0) is 4.79 Å². The molecule has 1 aromatic rings. The van der Waals surface area contributed by atoms with Crippen molar-refractivity contribution < 1.29 is 14.0 Å². The van der Waals surface area contributed by atoms with Crippen molar-refractivity contribution in [1.82, 2.24) is 9.80 Å². The fraction of sp³-hybridized carbons (Fsp3) is 0.467. The molecule has 0 atom stereocenters. The normalized spacial score (nSPS) is 15.9. The monoisotopic (exact) mass is 327 g/mol. The molecule has 7 heteroatoms. The van der Waals surface area contributed by atoms with E-state index in [-0.39, 0.29) is 22.4 Å². The molecule has 1 fully saturated rings. The molecular formula is C15H19ClFN3O2. The predicted octanol–water partition coefficient (Wildman–Crippen LogP) is 1.50. The molecular weight excluding hydrogens is 309 g/mol. The van der Waals surface area contributed by atoms with Gasteiger partial charge in [-0.2, -0.15) is 0 Å². The summed E-state index contributed by atoms with van der Waals surface area (Å²) < 4.78 is 13.0. The van der Waals surface area contributed by atoms with Gasteiger partial charge in [-0.3, -0.25) is 9.59 Å². The number of carbonyl (C=O) groups excluding carboxylic acids is 2. The van der Waals surface area contributed by atoms with Gasteiger partial charge in [-0.25, -0.2) is 4.39 Å². The van der Waals surface area contributed by atoms with Crippen molar-refractivity contribution in [2.45, 2.75) is 19.4 Å². The van der Waals surface area contributed by atoms with E-state index < -0.39 is 11.4 Å². The Labute approximate surface area is 133 Å². The van der Waals surface area contributed by atoms with Crippen LogP contribution in [0.1, 0.15) is 24.2 Å². The molecule has 0 bridgehead atoms. The molecule has 5 nitrogen and oxygen atoms in total. The van der Waals surface area contributed by atoms with Crippen LogP contribution in [0.2, 0.25) is 5.02 Å². The third kappa shape index (κ3) is 3.56. The molecule has 0 spiro atoms. The highest BCUT2D eigenvalue weighted by Gasteiger charge is 2.31. The number of hydrogen-bond acceptors (Lipinski definition) is 3. The van der Waals surface area contributed by atoms with Crippen molar-refractivity contribution >= 4 is 23.4 Å². The number of halogens is 2. The minimum absolute atomic E-state index is 0.0894. The molecule has 22 heavy (non-hydrogen) atoms. The van der Waals surface area contributed by atoms with E-state index in [2.05, 4.69) is 0 Å². The van der Waals surface area contributed by atoms with Crippen LogP contribution in [0.3, 0.4) is 0 Å². The molecule has 0 radical (unpaired) electrons. The second-order valence-corrected chi connectivity index (χ2v) is 6.34. The molecule has 2 N–H and O–H groups in total. The summed E-state index contributed by atoms with van der Waals surface area (Å²) >= 11 is 5.91. The Morgan fingerprint density at radius 3 is 2.23 bits per heavy atom. The third-order valence-corrected chi connectivity index (χ3v) is 3.88. The third-order valence-electron chi connectivity index (χ3n) is 3.57. The quantitative estimate of drug-likeness (QED) is 0.895. The molecule has 120 valence electrons. The van der Waals surface area contributed by atoms with Gasteiger partial charge < -0.3 is 15.5 Å². The van der Waals surface area contributed by atoms with Gasteiger partial charge in [0.2, 0.25) is 5.91 Å². The van der Waals surface area contributed by atoms with Crippen molar-refractivity contribution in [2.75, 3.05) is 26.2 Å². The number of amides is 2. The van der Waals surface area contributed by atoms with Crippen LogP contribution >= 0.6 is 11.6 Å². The molecule has 1 heterocycles. The fourth-order valence-electron chi connectivity index (χ4n) is 2.35. The lowest BCUT2D eigenvalue weighted by Gasteiger charge is -2.37. The Bertz CT molecular complexity index is 593. The van der Waals surface area contributed by atoms with Gasteiger partial charge in [0.15, 0.2) is 0 Å². The first kappa shape index (κ1) is 16.7. The number of hydrogen-bond donors (Lipinski definition) is 1. The summed E-state index contributed by atoms with van der Waals surface area (Å²) in [5.74, 6) is -0.884. The number of carbonyl (C=O) groups is 2. The zero-order valence-electron chi connectivity index (χ0n) is 12.6. The van der Waals surface area contributed by atoms with Crippen LogP contribution in [0, 0.1) is 5.82 Å². The summed E-state index contributed by atoms with van der Waals surface area (Å²) in [4.78, 5) is 27.7. The maximum Gasteiger partial charge on any atom is 0.255 e. The van der Waals surface area contributed by atoms with Crippen molar-refractivity contribution in [1.29, 1.82) is 0 Å². The number of piperazine rings is 1. The molecule has 2 amide bonds. The lowest BCUT2D eigenvalue weighted by atomic mass is 10.0. The van der Waals surface area contributed by atoms with E-state index in [9.17, 15) is 14.0 Å². The fourth-order valence-corrected chi connectivity index (χ4v) is 2.60. The van der Waals surface area contributed by atoms with E-state index in [1.807, 2.05) is 0 Å². The van der Waals surface area contributed by atoms with Gasteiger partial charge in [-0.15, -0.1) is 0 Å². The summed E-state index contributed by atoms with van der Waals surface area (Å²) in [5.41, 5.74) is 5.15. The van der Waals surface area contributed by atoms with Crippen LogP contribution in [0.15, 0.2) is 18.2 Å². The summed E-state index contributed by atoms with van der Waals surface area (Å²) in [6.07, 6.45) is 0. The summed E-state index contributed by atoms with van der Waals surface area (Å²) in [5, 5.41) is 0.0894. The highest BCUT2D eigenvalue weighted by atomic mass is 35.5. The van der Waals surface area contributed by atoms with Gasteiger partial charge in [-0.1, -0.05) is 11.6 Å². The zero-order chi connectivity index (χ0) is 16.5. The molecule has 0 unspecified atom stereocenters. The van der Waals surface area contributed by atoms with Gasteiger partial charge in [0.05, 0.1) is 16.1 Å². The maximum absolute atomic E-state index is 13.0. The van der Waals surface area contributed by atoms with Crippen LogP contribution in [-0.4, -0.2) is 53.3 Å². The second kappa shape index (κ2) is 6.22. The first-order chi connectivity index (χ1) is 10.2. The first-order valence-electron chi connectivity index (χ1n) is 7.03. The lowest BCUT2D eigenvalue weighted by Crippen LogP contribution is -2.57. The summed E-state index contributed by atoms with van der Waals surface area (Å²) in [7, 11) is 0. The molecule has 0 saturated carbocycles. The highest BCUT2D eigenvalue weighted by molar-refractivity contribution is 6.33. The van der Waals surface area contributed by atoms with Gasteiger partial charge in [0.25, 0.3) is 5.91 Å². The van der Waals surface area contributed by atoms with E-state index in [0.29, 0.717) is 26.2 Å². The average molecular weight is 328 g/mol. The highest BCUT2D eigenvalue weighted by Crippen LogP contribution is 2.20.